The summed E-state index contributed by atoms with van der Waals surface area (Å²) in [5.41, 5.74) is 3.76. The minimum absolute atomic E-state index is 0.0505. The molecule has 0 spiro atoms. The van der Waals surface area contributed by atoms with Crippen LogP contribution in [0, 0.1) is 6.92 Å². The first-order valence-corrected chi connectivity index (χ1v) is 11.1. The second kappa shape index (κ2) is 8.03. The Kier molecular flexibility index (Phi) is 5.13. The molecule has 170 valence electrons. The number of fused-ring (bicyclic) bond motifs is 2. The molecule has 0 saturated carbocycles. The highest BCUT2D eigenvalue weighted by Crippen LogP contribution is 2.39. The molecule has 0 bridgehead atoms. The molecule has 5 nitrogen and oxygen atoms in total. The number of benzene rings is 3. The van der Waals surface area contributed by atoms with Crippen LogP contribution in [0.25, 0.3) is 17.0 Å². The number of carbonyl (C=O) groups excluding carboxylic acids is 2. The largest absolute Gasteiger partial charge is 0.452 e. The van der Waals surface area contributed by atoms with Crippen molar-refractivity contribution in [3.05, 3.63) is 101 Å². The van der Waals surface area contributed by atoms with Crippen molar-refractivity contribution in [1.29, 1.82) is 0 Å². The average Bonchev–Trinajstić information content (AvgIpc) is 3.38. The number of rotatable bonds is 3. The van der Waals surface area contributed by atoms with E-state index >= 15 is 0 Å². The molecule has 34 heavy (non-hydrogen) atoms. The maximum Gasteiger partial charge on any atom is 0.379 e. The predicted molar refractivity (Wildman–Crippen MR) is 130 cm³/mol. The van der Waals surface area contributed by atoms with Gasteiger partial charge in [-0.2, -0.15) is 0 Å². The van der Waals surface area contributed by atoms with Crippen LogP contribution in [0.3, 0.4) is 0 Å². The van der Waals surface area contributed by atoms with Gasteiger partial charge in [0, 0.05) is 10.9 Å². The van der Waals surface area contributed by atoms with Gasteiger partial charge < -0.3 is 13.9 Å². The standard InChI is InChI=1S/C29H24O5/c1-17-22(34-28(31)25-16-19-7-5-6-8-23(19)32-25)14-13-21-26(30)24(33-27(17)21)15-18-9-11-20(12-10-18)29(2,3)4/h5-16H,1-4H3/b24-15-. The fourth-order valence-corrected chi connectivity index (χ4v) is 3.94. The van der Waals surface area contributed by atoms with Crippen LogP contribution in [0.4, 0.5) is 0 Å². The van der Waals surface area contributed by atoms with E-state index in [4.69, 9.17) is 13.9 Å². The van der Waals surface area contributed by atoms with E-state index < -0.39 is 5.97 Å². The number of para-hydroxylation sites is 1. The van der Waals surface area contributed by atoms with Gasteiger partial charge in [-0.15, -0.1) is 0 Å². The number of allylic oxidation sites excluding steroid dienone is 1. The summed E-state index contributed by atoms with van der Waals surface area (Å²) in [6.07, 6.45) is 1.73. The Labute approximate surface area is 197 Å². The summed E-state index contributed by atoms with van der Waals surface area (Å²) in [5.74, 6) is 0.247. The molecule has 0 fully saturated rings. The van der Waals surface area contributed by atoms with Gasteiger partial charge in [0.15, 0.2) is 5.76 Å². The second-order valence-electron chi connectivity index (χ2n) is 9.42. The van der Waals surface area contributed by atoms with Gasteiger partial charge in [-0.05, 0) is 53.8 Å². The number of ketones is 1. The molecule has 0 atom stereocenters. The zero-order valence-electron chi connectivity index (χ0n) is 19.5. The predicted octanol–water partition coefficient (Wildman–Crippen LogP) is 6.87. The van der Waals surface area contributed by atoms with Gasteiger partial charge in [0.2, 0.25) is 11.5 Å². The highest BCUT2D eigenvalue weighted by molar-refractivity contribution is 6.15. The molecule has 2 heterocycles. The van der Waals surface area contributed by atoms with E-state index in [1.54, 1.807) is 37.3 Å². The molecular formula is C29H24O5. The van der Waals surface area contributed by atoms with Crippen LogP contribution >= 0.6 is 0 Å². The maximum absolute atomic E-state index is 12.9. The van der Waals surface area contributed by atoms with Gasteiger partial charge in [-0.1, -0.05) is 63.2 Å². The molecule has 0 radical (unpaired) electrons. The van der Waals surface area contributed by atoms with Gasteiger partial charge >= 0.3 is 5.97 Å². The summed E-state index contributed by atoms with van der Waals surface area (Å²) in [7, 11) is 0. The molecule has 1 aromatic heterocycles. The van der Waals surface area contributed by atoms with Crippen molar-refractivity contribution in [2.45, 2.75) is 33.1 Å². The third-order valence-corrected chi connectivity index (χ3v) is 5.94. The zero-order valence-corrected chi connectivity index (χ0v) is 19.5. The number of hydrogen-bond acceptors (Lipinski definition) is 5. The van der Waals surface area contributed by atoms with Crippen molar-refractivity contribution in [2.24, 2.45) is 0 Å². The van der Waals surface area contributed by atoms with Gasteiger partial charge in [0.05, 0.1) is 5.56 Å². The molecule has 1 aliphatic heterocycles. The van der Waals surface area contributed by atoms with E-state index in [9.17, 15) is 9.59 Å². The lowest BCUT2D eigenvalue weighted by Gasteiger charge is -2.18. The van der Waals surface area contributed by atoms with Crippen LogP contribution in [0.15, 0.2) is 76.9 Å². The Morgan fingerprint density at radius 2 is 1.71 bits per heavy atom. The molecule has 5 rings (SSSR count). The molecule has 4 aromatic rings. The molecule has 1 aliphatic rings. The summed E-state index contributed by atoms with van der Waals surface area (Å²) >= 11 is 0. The van der Waals surface area contributed by atoms with E-state index in [2.05, 4.69) is 32.9 Å². The summed E-state index contributed by atoms with van der Waals surface area (Å²) in [6.45, 7) is 8.22. The number of furan rings is 1. The van der Waals surface area contributed by atoms with Crippen LogP contribution in [0.1, 0.15) is 58.4 Å². The molecule has 0 N–H and O–H groups in total. The first-order valence-electron chi connectivity index (χ1n) is 11.1. The van der Waals surface area contributed by atoms with Crippen LogP contribution in [0.5, 0.6) is 11.5 Å². The van der Waals surface area contributed by atoms with Gasteiger partial charge in [-0.3, -0.25) is 4.79 Å². The van der Waals surface area contributed by atoms with Crippen molar-refractivity contribution >= 4 is 28.8 Å². The minimum Gasteiger partial charge on any atom is -0.452 e. The third-order valence-electron chi connectivity index (χ3n) is 5.94. The lowest BCUT2D eigenvalue weighted by atomic mass is 9.86. The van der Waals surface area contributed by atoms with Crippen molar-refractivity contribution in [3.8, 4) is 11.5 Å². The summed E-state index contributed by atoms with van der Waals surface area (Å²) in [6, 6.07) is 20.3. The zero-order chi connectivity index (χ0) is 24.0. The number of carbonyl (C=O) groups is 2. The molecule has 0 saturated heterocycles. The quantitative estimate of drug-likeness (QED) is 0.193. The number of Topliss-reactive ketones (excluding diaryl/α,β-unsaturated/α-hetero) is 1. The van der Waals surface area contributed by atoms with Crippen LogP contribution in [0.2, 0.25) is 0 Å². The summed E-state index contributed by atoms with van der Waals surface area (Å²) in [5, 5.41) is 0.819. The Bertz CT molecular complexity index is 1430. The molecule has 3 aromatic carbocycles. The van der Waals surface area contributed by atoms with Crippen molar-refractivity contribution in [2.75, 3.05) is 0 Å². The number of hydrogen-bond donors (Lipinski definition) is 0. The molecule has 0 aliphatic carbocycles. The Morgan fingerprint density at radius 3 is 2.41 bits per heavy atom. The summed E-state index contributed by atoms with van der Waals surface area (Å²) in [4.78, 5) is 25.6. The Balaban J connectivity index is 1.39. The second-order valence-corrected chi connectivity index (χ2v) is 9.42. The normalized spacial score (nSPS) is 14.4. The van der Waals surface area contributed by atoms with Gasteiger partial charge in [0.25, 0.3) is 0 Å². The molecule has 5 heteroatoms. The van der Waals surface area contributed by atoms with Crippen molar-refractivity contribution < 1.29 is 23.5 Å². The topological polar surface area (TPSA) is 65.7 Å². The fraction of sp³-hybridized carbons (Fsp3) is 0.172. The Hall–Kier alpha value is -4.12. The third kappa shape index (κ3) is 3.90. The highest BCUT2D eigenvalue weighted by atomic mass is 16.5. The minimum atomic E-state index is -0.613. The van der Waals surface area contributed by atoms with E-state index in [0.29, 0.717) is 28.2 Å². The monoisotopic (exact) mass is 452 g/mol. The van der Waals surface area contributed by atoms with Crippen molar-refractivity contribution in [3.63, 3.8) is 0 Å². The maximum atomic E-state index is 12.9. The fourth-order valence-electron chi connectivity index (χ4n) is 3.94. The Morgan fingerprint density at radius 1 is 0.971 bits per heavy atom. The smallest absolute Gasteiger partial charge is 0.379 e. The van der Waals surface area contributed by atoms with E-state index in [1.807, 2.05) is 30.3 Å². The molecule has 0 unspecified atom stereocenters. The first kappa shape index (κ1) is 21.7. The molecule has 0 amide bonds. The number of ether oxygens (including phenoxy) is 2. The van der Waals surface area contributed by atoms with Crippen LogP contribution in [-0.4, -0.2) is 11.8 Å². The van der Waals surface area contributed by atoms with E-state index in [1.165, 1.54) is 5.56 Å². The molecular weight excluding hydrogens is 428 g/mol. The van der Waals surface area contributed by atoms with E-state index in [0.717, 1.165) is 10.9 Å². The number of esters is 1. The first-order chi connectivity index (χ1) is 16.2. The highest BCUT2D eigenvalue weighted by Gasteiger charge is 2.31. The van der Waals surface area contributed by atoms with Crippen molar-refractivity contribution in [1.82, 2.24) is 0 Å². The summed E-state index contributed by atoms with van der Waals surface area (Å²) < 4.78 is 17.1. The van der Waals surface area contributed by atoms with Crippen LogP contribution in [-0.2, 0) is 5.41 Å². The lowest BCUT2D eigenvalue weighted by molar-refractivity contribution is 0.0702. The average molecular weight is 453 g/mol. The van der Waals surface area contributed by atoms with Crippen LogP contribution < -0.4 is 9.47 Å². The SMILES string of the molecule is Cc1c(OC(=O)c2cc3ccccc3o2)ccc2c1O/C(=C\c1ccc(C(C)(C)C)cc1)C2=O. The van der Waals surface area contributed by atoms with Gasteiger partial charge in [0.1, 0.15) is 17.1 Å². The lowest BCUT2D eigenvalue weighted by Crippen LogP contribution is -2.10. The van der Waals surface area contributed by atoms with E-state index in [-0.39, 0.29) is 22.7 Å². The van der Waals surface area contributed by atoms with Gasteiger partial charge in [-0.25, -0.2) is 4.79 Å².